The number of rotatable bonds is 6. The number of piperidine rings is 1. The molecule has 2 aliphatic heterocycles. The van der Waals surface area contributed by atoms with Gasteiger partial charge in [-0.2, -0.15) is 13.2 Å². The van der Waals surface area contributed by atoms with Crippen molar-refractivity contribution in [3.63, 3.8) is 0 Å². The van der Waals surface area contributed by atoms with Crippen molar-refractivity contribution in [2.45, 2.75) is 58.2 Å². The molecule has 4 rings (SSSR count). The summed E-state index contributed by atoms with van der Waals surface area (Å²) in [5.41, 5.74) is 7.53. The minimum absolute atomic E-state index is 0.0135. The molecule has 0 aliphatic carbocycles. The van der Waals surface area contributed by atoms with Gasteiger partial charge in [0.05, 0.1) is 5.56 Å². The van der Waals surface area contributed by atoms with E-state index in [0.717, 1.165) is 38.8 Å². The number of likely N-dealkylation sites (tertiary alicyclic amines) is 1. The topological polar surface area (TPSA) is 64.8 Å². The normalized spacial score (nSPS) is 18.7. The molecule has 3 N–H and O–H groups in total. The number of halogens is 3. The van der Waals surface area contributed by atoms with E-state index in [0.29, 0.717) is 31.6 Å². The molecule has 1 unspecified atom stereocenters. The summed E-state index contributed by atoms with van der Waals surface area (Å²) >= 11 is 0. The third-order valence-corrected chi connectivity index (χ3v) is 7.96. The Labute approximate surface area is 230 Å². The lowest BCUT2D eigenvalue weighted by molar-refractivity contribution is -0.137. The Kier molecular flexibility index (Phi) is 8.69. The molecule has 0 saturated carbocycles. The average molecular weight is 546 g/mol. The highest BCUT2D eigenvalue weighted by Crippen LogP contribution is 2.35. The number of carbonyl (C=O) groups is 1. The van der Waals surface area contributed by atoms with E-state index in [1.165, 1.54) is 17.3 Å². The molecule has 2 aromatic carbocycles. The summed E-state index contributed by atoms with van der Waals surface area (Å²) in [6.07, 6.45) is -3.11. The maximum Gasteiger partial charge on any atom is 0.418 e. The second-order valence-corrected chi connectivity index (χ2v) is 12.0. The van der Waals surface area contributed by atoms with Crippen molar-refractivity contribution in [3.8, 4) is 0 Å². The number of hydrogen-bond donors (Lipinski definition) is 2. The van der Waals surface area contributed by atoms with Gasteiger partial charge in [0.2, 0.25) is 5.91 Å². The van der Waals surface area contributed by atoms with E-state index in [1.54, 1.807) is 6.07 Å². The molecule has 1 atom stereocenters. The minimum Gasteiger partial charge on any atom is -0.398 e. The van der Waals surface area contributed by atoms with Crippen molar-refractivity contribution in [3.05, 3.63) is 53.6 Å². The van der Waals surface area contributed by atoms with Crippen LogP contribution in [0.4, 0.5) is 30.2 Å². The summed E-state index contributed by atoms with van der Waals surface area (Å²) < 4.78 is 39.5. The predicted octanol–water partition coefficient (Wildman–Crippen LogP) is 5.45. The highest BCUT2D eigenvalue weighted by Gasteiger charge is 2.34. The quantitative estimate of drug-likeness (QED) is 0.473. The molecule has 0 radical (unpaired) electrons. The number of piperazine rings is 1. The van der Waals surface area contributed by atoms with Gasteiger partial charge in [-0.1, -0.05) is 39.8 Å². The summed E-state index contributed by atoms with van der Waals surface area (Å²) in [5, 5.41) is 3.20. The Morgan fingerprint density at radius 2 is 1.59 bits per heavy atom. The first-order valence-corrected chi connectivity index (χ1v) is 13.9. The smallest absolute Gasteiger partial charge is 0.398 e. The fourth-order valence-electron chi connectivity index (χ4n) is 5.51. The van der Waals surface area contributed by atoms with Crippen molar-refractivity contribution < 1.29 is 18.0 Å². The third-order valence-electron chi connectivity index (χ3n) is 7.96. The Bertz CT molecular complexity index is 1110. The van der Waals surface area contributed by atoms with Gasteiger partial charge < -0.3 is 20.9 Å². The number of nitrogens with one attached hydrogen (secondary N) is 1. The Balaban J connectivity index is 1.21. The number of amides is 1. The molecule has 2 heterocycles. The van der Waals surface area contributed by atoms with Gasteiger partial charge in [0.15, 0.2) is 0 Å². The summed E-state index contributed by atoms with van der Waals surface area (Å²) in [4.78, 5) is 19.8. The summed E-state index contributed by atoms with van der Waals surface area (Å²) in [7, 11) is 0. The predicted molar refractivity (Wildman–Crippen MR) is 152 cm³/mol. The number of hydrogen-bond acceptors (Lipinski definition) is 5. The molecule has 0 bridgehead atoms. The van der Waals surface area contributed by atoms with E-state index in [-0.39, 0.29) is 29.0 Å². The molecule has 0 spiro atoms. The van der Waals surface area contributed by atoms with Crippen LogP contribution in [0.2, 0.25) is 0 Å². The first-order chi connectivity index (χ1) is 18.3. The second kappa shape index (κ2) is 11.7. The van der Waals surface area contributed by atoms with Gasteiger partial charge in [0.25, 0.3) is 0 Å². The molecule has 2 aromatic rings. The first-order valence-electron chi connectivity index (χ1n) is 13.9. The van der Waals surface area contributed by atoms with E-state index < -0.39 is 11.7 Å². The van der Waals surface area contributed by atoms with E-state index in [4.69, 9.17) is 5.73 Å². The lowest BCUT2D eigenvalue weighted by Crippen LogP contribution is -2.50. The van der Waals surface area contributed by atoms with Crippen molar-refractivity contribution in [1.82, 2.24) is 9.80 Å². The van der Waals surface area contributed by atoms with Gasteiger partial charge in [0.1, 0.15) is 0 Å². The molecule has 1 amide bonds. The fraction of sp³-hybridized carbons (Fsp3) is 0.567. The van der Waals surface area contributed by atoms with Gasteiger partial charge in [-0.15, -0.1) is 0 Å². The molecular weight excluding hydrogens is 503 g/mol. The monoisotopic (exact) mass is 545 g/mol. The Morgan fingerprint density at radius 3 is 2.15 bits per heavy atom. The van der Waals surface area contributed by atoms with Gasteiger partial charge in [0, 0.05) is 74.8 Å². The summed E-state index contributed by atoms with van der Waals surface area (Å²) in [6.45, 7) is 14.3. The zero-order chi connectivity index (χ0) is 28.4. The summed E-state index contributed by atoms with van der Waals surface area (Å²) in [5.74, 6) is 0.0547. The van der Waals surface area contributed by atoms with Crippen molar-refractivity contribution in [2.24, 2.45) is 5.92 Å². The van der Waals surface area contributed by atoms with Crippen LogP contribution in [-0.2, 0) is 16.4 Å². The van der Waals surface area contributed by atoms with Gasteiger partial charge >= 0.3 is 6.18 Å². The Hall–Kier alpha value is -2.94. The zero-order valence-corrected chi connectivity index (χ0v) is 23.5. The lowest BCUT2D eigenvalue weighted by Gasteiger charge is -2.38. The maximum atomic E-state index is 13.2. The molecular formula is C30H42F3N5O. The van der Waals surface area contributed by atoms with Crippen LogP contribution in [0.5, 0.6) is 0 Å². The maximum absolute atomic E-state index is 13.2. The number of nitrogens with two attached hydrogens (primary N) is 1. The van der Waals surface area contributed by atoms with Crippen LogP contribution in [0.1, 0.15) is 51.7 Å². The number of carbonyl (C=O) groups excluding carboxylic acids is 1. The molecule has 9 heteroatoms. The number of anilines is 3. The molecule has 39 heavy (non-hydrogen) atoms. The fourth-order valence-corrected chi connectivity index (χ4v) is 5.51. The molecule has 6 nitrogen and oxygen atoms in total. The molecule has 0 aromatic heterocycles. The van der Waals surface area contributed by atoms with E-state index in [1.807, 2.05) is 11.8 Å². The number of alkyl halides is 3. The zero-order valence-electron chi connectivity index (χ0n) is 23.5. The first kappa shape index (κ1) is 29.1. The van der Waals surface area contributed by atoms with Crippen LogP contribution in [-0.4, -0.2) is 67.6 Å². The third kappa shape index (κ3) is 7.38. The van der Waals surface area contributed by atoms with Crippen molar-refractivity contribution in [1.29, 1.82) is 0 Å². The highest BCUT2D eigenvalue weighted by molar-refractivity contribution is 5.78. The SMILES string of the molecule is CC(CN1CCN(c2ccc(C(C)(C)C)cc2)CC1)C(=O)N1CCC(Nc2ccc(N)c(C(F)(F)F)c2)CC1. The average Bonchev–Trinajstić information content (AvgIpc) is 2.89. The van der Waals surface area contributed by atoms with E-state index >= 15 is 0 Å². The van der Waals surface area contributed by atoms with Crippen LogP contribution in [0.25, 0.3) is 0 Å². The number of nitrogens with zero attached hydrogens (tertiary/aromatic N) is 3. The van der Waals surface area contributed by atoms with Crippen LogP contribution in [0.3, 0.4) is 0 Å². The molecule has 2 aliphatic rings. The van der Waals surface area contributed by atoms with Crippen LogP contribution in [0.15, 0.2) is 42.5 Å². The largest absolute Gasteiger partial charge is 0.418 e. The highest BCUT2D eigenvalue weighted by atomic mass is 19.4. The number of nitrogen functional groups attached to an aromatic ring is 1. The van der Waals surface area contributed by atoms with E-state index in [9.17, 15) is 18.0 Å². The summed E-state index contributed by atoms with van der Waals surface area (Å²) in [6, 6.07) is 12.8. The lowest BCUT2D eigenvalue weighted by atomic mass is 9.87. The van der Waals surface area contributed by atoms with Crippen LogP contribution in [0, 0.1) is 5.92 Å². The van der Waals surface area contributed by atoms with Crippen molar-refractivity contribution >= 4 is 23.0 Å². The van der Waals surface area contributed by atoms with Gasteiger partial charge in [-0.05, 0) is 54.2 Å². The van der Waals surface area contributed by atoms with Gasteiger partial charge in [-0.25, -0.2) is 0 Å². The minimum atomic E-state index is -4.49. The van der Waals surface area contributed by atoms with Crippen molar-refractivity contribution in [2.75, 3.05) is 61.8 Å². The van der Waals surface area contributed by atoms with Crippen LogP contribution < -0.4 is 16.0 Å². The Morgan fingerprint density at radius 1 is 0.974 bits per heavy atom. The molecule has 2 fully saturated rings. The molecule has 2 saturated heterocycles. The number of benzene rings is 2. The van der Waals surface area contributed by atoms with E-state index in [2.05, 4.69) is 60.2 Å². The molecule has 214 valence electrons. The second-order valence-electron chi connectivity index (χ2n) is 12.0. The standard InChI is InChI=1S/C30H42F3N5O/c1-21(20-36-15-17-37(18-16-36)25-8-5-22(6-9-25)29(2,3)4)28(39)38-13-11-23(12-14-38)35-24-7-10-27(34)26(19-24)30(31,32)33/h5-10,19,21,23,35H,11-18,20,34H2,1-4H3. The van der Waals surface area contributed by atoms with Gasteiger partial charge in [-0.3, -0.25) is 9.69 Å². The van der Waals surface area contributed by atoms with Crippen LogP contribution >= 0.6 is 0 Å².